The second kappa shape index (κ2) is 3.83. The smallest absolute Gasteiger partial charge is 0.269 e. The number of rotatable bonds is 1. The van der Waals surface area contributed by atoms with Gasteiger partial charge in [0.2, 0.25) is 0 Å². The van der Waals surface area contributed by atoms with Gasteiger partial charge in [-0.3, -0.25) is 10.1 Å². The van der Waals surface area contributed by atoms with E-state index in [0.29, 0.717) is 0 Å². The number of halogens is 4. The van der Waals surface area contributed by atoms with Gasteiger partial charge < -0.3 is 0 Å². The Morgan fingerprint density at radius 3 is 2.50 bits per heavy atom. The van der Waals surface area contributed by atoms with Gasteiger partial charge in [-0.15, -0.1) is 0 Å². The molecule has 0 atom stereocenters. The van der Waals surface area contributed by atoms with E-state index in [9.17, 15) is 18.0 Å². The highest BCUT2D eigenvalue weighted by atomic mass is 35.5. The molecule has 7 heteroatoms. The molecule has 0 aliphatic heterocycles. The Kier molecular flexibility index (Phi) is 2.95. The van der Waals surface area contributed by atoms with Crippen molar-refractivity contribution in [2.75, 3.05) is 0 Å². The molecule has 1 aromatic rings. The van der Waals surface area contributed by atoms with E-state index in [1.165, 1.54) is 6.07 Å². The Morgan fingerprint density at radius 2 is 2.07 bits per heavy atom. The number of hydrogen-bond donors (Lipinski definition) is 1. The van der Waals surface area contributed by atoms with E-state index in [1.54, 1.807) is 0 Å². The molecule has 1 amide bonds. The van der Waals surface area contributed by atoms with Gasteiger partial charge in [0.25, 0.3) is 5.91 Å². The highest BCUT2D eigenvalue weighted by Gasteiger charge is 2.30. The maximum atomic E-state index is 11.7. The first kappa shape index (κ1) is 10.8. The van der Waals surface area contributed by atoms with Crippen LogP contribution in [0.15, 0.2) is 18.3 Å². The first-order valence-electron chi connectivity index (χ1n) is 3.39. The Balaban J connectivity index is 2.76. The molecule has 0 bridgehead atoms. The van der Waals surface area contributed by atoms with Gasteiger partial charge in [-0.25, -0.2) is 4.98 Å². The second-order valence-corrected chi connectivity index (χ2v) is 2.71. The van der Waals surface area contributed by atoms with Gasteiger partial charge in [-0.1, -0.05) is 11.6 Å². The predicted molar refractivity (Wildman–Crippen MR) is 42.8 cm³/mol. The lowest BCUT2D eigenvalue weighted by Crippen LogP contribution is -2.37. The third kappa shape index (κ3) is 3.21. The highest BCUT2D eigenvalue weighted by molar-refractivity contribution is 6.29. The molecule has 0 fully saturated rings. The summed E-state index contributed by atoms with van der Waals surface area (Å²) < 4.78 is 35.1. The van der Waals surface area contributed by atoms with Crippen LogP contribution in [0.3, 0.4) is 0 Å². The molecule has 0 spiro atoms. The van der Waals surface area contributed by atoms with Crippen LogP contribution in [-0.4, -0.2) is 17.2 Å². The average molecular weight is 225 g/mol. The summed E-state index contributed by atoms with van der Waals surface area (Å²) in [6.45, 7) is 0. The van der Waals surface area contributed by atoms with Crippen molar-refractivity contribution in [3.63, 3.8) is 0 Å². The Hall–Kier alpha value is -1.30. The van der Waals surface area contributed by atoms with E-state index in [4.69, 9.17) is 11.6 Å². The number of carbonyl (C=O) groups excluding carboxylic acids is 1. The lowest BCUT2D eigenvalue weighted by Gasteiger charge is -2.07. The molecule has 1 heterocycles. The zero-order valence-corrected chi connectivity index (χ0v) is 7.36. The fourth-order valence-corrected chi connectivity index (χ4v) is 0.823. The topological polar surface area (TPSA) is 42.0 Å². The normalized spacial score (nSPS) is 11.1. The summed E-state index contributed by atoms with van der Waals surface area (Å²) in [5.41, 5.74) is -0.202. The first-order valence-corrected chi connectivity index (χ1v) is 3.77. The number of nitrogens with zero attached hydrogens (tertiary/aromatic N) is 1. The van der Waals surface area contributed by atoms with Crippen LogP contribution in [0.1, 0.15) is 10.4 Å². The summed E-state index contributed by atoms with van der Waals surface area (Å²) in [5, 5.41) is 0.938. The summed E-state index contributed by atoms with van der Waals surface area (Å²) in [5.74, 6) is -1.26. The van der Waals surface area contributed by atoms with E-state index in [0.717, 1.165) is 17.6 Å². The van der Waals surface area contributed by atoms with Crippen molar-refractivity contribution < 1.29 is 18.0 Å². The summed E-state index contributed by atoms with van der Waals surface area (Å²) in [6, 6.07) is 2.38. The van der Waals surface area contributed by atoms with Crippen molar-refractivity contribution in [1.29, 1.82) is 0 Å². The summed E-state index contributed by atoms with van der Waals surface area (Å²) in [4.78, 5) is 14.3. The lowest BCUT2D eigenvalue weighted by molar-refractivity contribution is -0.146. The number of hydrogen-bond acceptors (Lipinski definition) is 2. The maximum absolute atomic E-state index is 11.7. The third-order valence-electron chi connectivity index (χ3n) is 1.24. The van der Waals surface area contributed by atoms with Gasteiger partial charge in [0.1, 0.15) is 5.15 Å². The van der Waals surface area contributed by atoms with Crippen LogP contribution < -0.4 is 5.32 Å². The summed E-state index contributed by atoms with van der Waals surface area (Å²) in [7, 11) is 0. The SMILES string of the molecule is O=C(NC(F)(F)F)c1ccc(Cl)nc1. The van der Waals surface area contributed by atoms with E-state index in [-0.39, 0.29) is 10.7 Å². The number of pyridine rings is 1. The number of aromatic nitrogens is 1. The third-order valence-corrected chi connectivity index (χ3v) is 1.47. The van der Waals surface area contributed by atoms with Crippen LogP contribution in [0.4, 0.5) is 13.2 Å². The molecule has 0 saturated carbocycles. The van der Waals surface area contributed by atoms with Crippen LogP contribution in [0.2, 0.25) is 5.15 Å². The number of carbonyl (C=O) groups is 1. The number of nitrogens with one attached hydrogen (secondary N) is 1. The van der Waals surface area contributed by atoms with Gasteiger partial charge in [0.15, 0.2) is 0 Å². The van der Waals surface area contributed by atoms with Crippen LogP contribution in [0.25, 0.3) is 0 Å². The van der Waals surface area contributed by atoms with Crippen LogP contribution >= 0.6 is 11.6 Å². The molecule has 14 heavy (non-hydrogen) atoms. The van der Waals surface area contributed by atoms with E-state index in [2.05, 4.69) is 4.98 Å². The lowest BCUT2D eigenvalue weighted by atomic mass is 10.3. The van der Waals surface area contributed by atoms with Gasteiger partial charge >= 0.3 is 6.30 Å². The van der Waals surface area contributed by atoms with Crippen molar-refractivity contribution in [3.8, 4) is 0 Å². The predicted octanol–water partition coefficient (Wildman–Crippen LogP) is 1.98. The van der Waals surface area contributed by atoms with Gasteiger partial charge in [0, 0.05) is 6.20 Å². The fraction of sp³-hybridized carbons (Fsp3) is 0.143. The standard InChI is InChI=1S/C7H4ClF3N2O/c8-5-2-1-4(3-12-5)6(14)13-7(9,10)11/h1-3H,(H,13,14). The highest BCUT2D eigenvalue weighted by Crippen LogP contribution is 2.12. The molecular weight excluding hydrogens is 221 g/mol. The van der Waals surface area contributed by atoms with Crippen molar-refractivity contribution >= 4 is 17.5 Å². The molecule has 0 aromatic carbocycles. The van der Waals surface area contributed by atoms with Gasteiger partial charge in [-0.2, -0.15) is 13.2 Å². The van der Waals surface area contributed by atoms with Crippen molar-refractivity contribution in [2.45, 2.75) is 6.30 Å². The van der Waals surface area contributed by atoms with Crippen LogP contribution in [-0.2, 0) is 0 Å². The molecule has 0 radical (unpaired) electrons. The van der Waals surface area contributed by atoms with Crippen LogP contribution in [0, 0.1) is 0 Å². The molecule has 76 valence electrons. The average Bonchev–Trinajstić information content (AvgIpc) is 2.02. The summed E-state index contributed by atoms with van der Waals surface area (Å²) in [6.07, 6.45) is -3.78. The van der Waals surface area contributed by atoms with E-state index in [1.807, 2.05) is 0 Å². The molecular formula is C7H4ClF3N2O. The number of alkyl halides is 3. The zero-order chi connectivity index (χ0) is 10.8. The van der Waals surface area contributed by atoms with Crippen molar-refractivity contribution in [2.24, 2.45) is 0 Å². The molecule has 0 aliphatic rings. The van der Waals surface area contributed by atoms with Gasteiger partial charge in [-0.05, 0) is 12.1 Å². The molecule has 1 aromatic heterocycles. The van der Waals surface area contributed by atoms with E-state index < -0.39 is 12.2 Å². The van der Waals surface area contributed by atoms with Crippen molar-refractivity contribution in [3.05, 3.63) is 29.0 Å². The minimum absolute atomic E-state index is 0.105. The minimum atomic E-state index is -4.74. The van der Waals surface area contributed by atoms with Crippen molar-refractivity contribution in [1.82, 2.24) is 10.3 Å². The summed E-state index contributed by atoms with van der Waals surface area (Å²) >= 11 is 5.38. The largest absolute Gasteiger partial charge is 0.484 e. The zero-order valence-electron chi connectivity index (χ0n) is 6.60. The van der Waals surface area contributed by atoms with Crippen LogP contribution in [0.5, 0.6) is 0 Å². The molecule has 0 aliphatic carbocycles. The molecule has 1 N–H and O–H groups in total. The Morgan fingerprint density at radius 1 is 1.43 bits per heavy atom. The second-order valence-electron chi connectivity index (χ2n) is 2.32. The van der Waals surface area contributed by atoms with Gasteiger partial charge in [0.05, 0.1) is 5.56 Å². The quantitative estimate of drug-likeness (QED) is 0.586. The van der Waals surface area contributed by atoms with E-state index >= 15 is 0 Å². The minimum Gasteiger partial charge on any atom is -0.269 e. The molecule has 0 unspecified atom stereocenters. The monoisotopic (exact) mass is 224 g/mol. The molecule has 3 nitrogen and oxygen atoms in total. The molecule has 1 rings (SSSR count). The Labute approximate surface area is 81.9 Å². The fourth-order valence-electron chi connectivity index (χ4n) is 0.711. The molecule has 0 saturated heterocycles. The Bertz CT molecular complexity index is 336. The maximum Gasteiger partial charge on any atom is 0.484 e. The first-order chi connectivity index (χ1) is 6.38. The number of amides is 1.